The summed E-state index contributed by atoms with van der Waals surface area (Å²) < 4.78 is 0. The van der Waals surface area contributed by atoms with Crippen LogP contribution in [0.5, 0.6) is 0 Å². The van der Waals surface area contributed by atoms with Crippen molar-refractivity contribution >= 4 is 0 Å². The van der Waals surface area contributed by atoms with Crippen molar-refractivity contribution in [1.29, 1.82) is 0 Å². The molecule has 1 aromatic rings. The van der Waals surface area contributed by atoms with Gasteiger partial charge in [-0.2, -0.15) is 0 Å². The first-order valence-electron chi connectivity index (χ1n) is 4.07. The molecule has 0 saturated carbocycles. The molecular weight excluding hydrogens is 164 g/mol. The van der Waals surface area contributed by atoms with Crippen LogP contribution in [0.4, 0.5) is 0 Å². The van der Waals surface area contributed by atoms with Crippen LogP contribution < -0.4 is 0 Å². The average molecular weight is 176 g/mol. The van der Waals surface area contributed by atoms with Crippen LogP contribution in [0.15, 0.2) is 30.3 Å². The van der Waals surface area contributed by atoms with Crippen LogP contribution in [0.25, 0.3) is 0 Å². The van der Waals surface area contributed by atoms with Gasteiger partial charge in [0, 0.05) is 6.42 Å². The van der Waals surface area contributed by atoms with Crippen molar-refractivity contribution in [3.05, 3.63) is 35.9 Å². The fraction of sp³-hybridized carbons (Fsp3) is 0.273. The Balaban J connectivity index is 2.73. The van der Waals surface area contributed by atoms with Crippen LogP contribution in [0.3, 0.4) is 0 Å². The molecule has 0 radical (unpaired) electrons. The smallest absolute Gasteiger partial charge is 0.232 e. The van der Waals surface area contributed by atoms with Gasteiger partial charge in [0.1, 0.15) is 0 Å². The molecule has 68 valence electrons. The van der Waals surface area contributed by atoms with Crippen molar-refractivity contribution < 1.29 is 10.2 Å². The predicted octanol–water partition coefficient (Wildman–Crippen LogP) is 0.933. The predicted molar refractivity (Wildman–Crippen MR) is 50.8 cm³/mol. The van der Waals surface area contributed by atoms with Crippen LogP contribution in [-0.4, -0.2) is 16.0 Å². The summed E-state index contributed by atoms with van der Waals surface area (Å²) in [5.41, 5.74) is 0.857. The summed E-state index contributed by atoms with van der Waals surface area (Å²) in [5, 5.41) is 18.7. The van der Waals surface area contributed by atoms with Gasteiger partial charge in [-0.25, -0.2) is 0 Å². The van der Waals surface area contributed by atoms with Crippen molar-refractivity contribution in [1.82, 2.24) is 0 Å². The fourth-order valence-corrected chi connectivity index (χ4v) is 1.12. The molecule has 0 aromatic heterocycles. The van der Waals surface area contributed by atoms with E-state index in [1.54, 1.807) is 6.92 Å². The van der Waals surface area contributed by atoms with Gasteiger partial charge in [0.05, 0.1) is 0 Å². The Morgan fingerprint density at radius 2 is 1.85 bits per heavy atom. The zero-order chi connectivity index (χ0) is 9.73. The normalized spacial score (nSPS) is 10.4. The number of hydrogen-bond acceptors (Lipinski definition) is 2. The van der Waals surface area contributed by atoms with Crippen molar-refractivity contribution in [2.24, 2.45) is 0 Å². The molecule has 0 bridgehead atoms. The van der Waals surface area contributed by atoms with Crippen LogP contribution in [0.1, 0.15) is 12.5 Å². The lowest BCUT2D eigenvalue weighted by Crippen LogP contribution is -2.28. The van der Waals surface area contributed by atoms with Crippen molar-refractivity contribution in [2.75, 3.05) is 0 Å². The highest BCUT2D eigenvalue weighted by Gasteiger charge is 2.19. The molecule has 2 nitrogen and oxygen atoms in total. The van der Waals surface area contributed by atoms with Gasteiger partial charge >= 0.3 is 0 Å². The Morgan fingerprint density at radius 3 is 2.38 bits per heavy atom. The third kappa shape index (κ3) is 3.29. The monoisotopic (exact) mass is 176 g/mol. The molecule has 0 saturated heterocycles. The molecule has 0 aliphatic heterocycles. The Morgan fingerprint density at radius 1 is 1.23 bits per heavy atom. The molecule has 13 heavy (non-hydrogen) atoms. The summed E-state index contributed by atoms with van der Waals surface area (Å²) in [7, 11) is 0. The molecule has 0 aliphatic rings. The van der Waals surface area contributed by atoms with Gasteiger partial charge in [0.25, 0.3) is 0 Å². The average Bonchev–Trinajstić information content (AvgIpc) is 2.04. The van der Waals surface area contributed by atoms with Crippen LogP contribution in [-0.2, 0) is 6.42 Å². The first kappa shape index (κ1) is 9.79. The molecule has 1 aromatic carbocycles. The molecule has 0 spiro atoms. The molecule has 0 atom stereocenters. The zero-order valence-corrected chi connectivity index (χ0v) is 7.49. The van der Waals surface area contributed by atoms with E-state index in [1.807, 2.05) is 30.3 Å². The summed E-state index contributed by atoms with van der Waals surface area (Å²) in [6.45, 7) is 1.58. The second-order valence-electron chi connectivity index (χ2n) is 2.85. The quantitative estimate of drug-likeness (QED) is 0.520. The van der Waals surface area contributed by atoms with Gasteiger partial charge < -0.3 is 10.2 Å². The van der Waals surface area contributed by atoms with E-state index in [0.717, 1.165) is 5.56 Å². The van der Waals surface area contributed by atoms with E-state index >= 15 is 0 Å². The minimum absolute atomic E-state index is 0.134. The Bertz CT molecular complexity index is 317. The SMILES string of the molecule is CC#CC(O)(O)Cc1ccccc1. The van der Waals surface area contributed by atoms with Gasteiger partial charge in [0.15, 0.2) is 0 Å². The van der Waals surface area contributed by atoms with E-state index in [2.05, 4.69) is 11.8 Å². The van der Waals surface area contributed by atoms with E-state index in [0.29, 0.717) is 0 Å². The highest BCUT2D eigenvalue weighted by Crippen LogP contribution is 2.09. The topological polar surface area (TPSA) is 40.5 Å². The lowest BCUT2D eigenvalue weighted by molar-refractivity contribution is -0.107. The van der Waals surface area contributed by atoms with Crippen molar-refractivity contribution in [2.45, 2.75) is 19.1 Å². The summed E-state index contributed by atoms with van der Waals surface area (Å²) in [6, 6.07) is 9.25. The van der Waals surface area contributed by atoms with E-state index in [-0.39, 0.29) is 6.42 Å². The Kier molecular flexibility index (Phi) is 3.07. The van der Waals surface area contributed by atoms with E-state index in [1.165, 1.54) is 0 Å². The number of aliphatic hydroxyl groups is 2. The highest BCUT2D eigenvalue weighted by atomic mass is 16.5. The lowest BCUT2D eigenvalue weighted by Gasteiger charge is -2.14. The molecule has 0 unspecified atom stereocenters. The molecule has 2 heteroatoms. The number of benzene rings is 1. The number of hydrogen-bond donors (Lipinski definition) is 2. The van der Waals surface area contributed by atoms with E-state index in [4.69, 9.17) is 0 Å². The second-order valence-corrected chi connectivity index (χ2v) is 2.85. The minimum atomic E-state index is -1.91. The van der Waals surface area contributed by atoms with Crippen LogP contribution >= 0.6 is 0 Å². The molecular formula is C11H12O2. The maximum atomic E-state index is 9.35. The maximum Gasteiger partial charge on any atom is 0.232 e. The van der Waals surface area contributed by atoms with E-state index < -0.39 is 5.79 Å². The maximum absolute atomic E-state index is 9.35. The summed E-state index contributed by atoms with van der Waals surface area (Å²) in [4.78, 5) is 0. The highest BCUT2D eigenvalue weighted by molar-refractivity contribution is 5.20. The molecule has 0 fully saturated rings. The summed E-state index contributed by atoms with van der Waals surface area (Å²) >= 11 is 0. The van der Waals surface area contributed by atoms with Gasteiger partial charge in [-0.15, -0.1) is 5.92 Å². The molecule has 2 N–H and O–H groups in total. The van der Waals surface area contributed by atoms with Gasteiger partial charge in [-0.05, 0) is 18.4 Å². The zero-order valence-electron chi connectivity index (χ0n) is 7.49. The van der Waals surface area contributed by atoms with Crippen molar-refractivity contribution in [3.8, 4) is 11.8 Å². The summed E-state index contributed by atoms with van der Waals surface area (Å²) in [6.07, 6.45) is 0.134. The van der Waals surface area contributed by atoms with Crippen molar-refractivity contribution in [3.63, 3.8) is 0 Å². The third-order valence-electron chi connectivity index (χ3n) is 1.62. The number of rotatable bonds is 2. The van der Waals surface area contributed by atoms with Gasteiger partial charge in [-0.1, -0.05) is 30.3 Å². The second kappa shape index (κ2) is 4.08. The third-order valence-corrected chi connectivity index (χ3v) is 1.62. The van der Waals surface area contributed by atoms with Crippen LogP contribution in [0.2, 0.25) is 0 Å². The molecule has 0 amide bonds. The molecule has 0 heterocycles. The van der Waals surface area contributed by atoms with E-state index in [9.17, 15) is 10.2 Å². The Hall–Kier alpha value is -1.30. The molecule has 1 rings (SSSR count). The fourth-order valence-electron chi connectivity index (χ4n) is 1.12. The Labute approximate surface area is 77.8 Å². The molecule has 0 aliphatic carbocycles. The first-order valence-corrected chi connectivity index (χ1v) is 4.07. The van der Waals surface area contributed by atoms with Gasteiger partial charge in [0.2, 0.25) is 5.79 Å². The largest absolute Gasteiger partial charge is 0.355 e. The van der Waals surface area contributed by atoms with Crippen LogP contribution in [0, 0.1) is 11.8 Å². The summed E-state index contributed by atoms with van der Waals surface area (Å²) in [5.74, 6) is 2.90. The minimum Gasteiger partial charge on any atom is -0.355 e. The standard InChI is InChI=1S/C11H12O2/c1-2-8-11(12,13)9-10-6-4-3-5-7-10/h3-7,12-13H,9H2,1H3. The van der Waals surface area contributed by atoms with Gasteiger partial charge in [-0.3, -0.25) is 0 Å². The first-order chi connectivity index (χ1) is 6.14. The lowest BCUT2D eigenvalue weighted by atomic mass is 10.1.